The van der Waals surface area contributed by atoms with Gasteiger partial charge in [-0.3, -0.25) is 9.59 Å². The van der Waals surface area contributed by atoms with Gasteiger partial charge in [-0.1, -0.05) is 25.7 Å². The molecule has 1 aliphatic carbocycles. The number of rotatable bonds is 4. The van der Waals surface area contributed by atoms with Crippen molar-refractivity contribution in [3.63, 3.8) is 0 Å². The molecule has 1 aromatic heterocycles. The van der Waals surface area contributed by atoms with Gasteiger partial charge in [-0.25, -0.2) is 12.7 Å². The lowest BCUT2D eigenvalue weighted by Gasteiger charge is -2.17. The van der Waals surface area contributed by atoms with E-state index in [2.05, 4.69) is 5.32 Å². The molecule has 7 nitrogen and oxygen atoms in total. The number of aromatic nitrogens is 1. The van der Waals surface area contributed by atoms with Gasteiger partial charge in [0.1, 0.15) is 5.56 Å². The summed E-state index contributed by atoms with van der Waals surface area (Å²) in [6.07, 6.45) is 7.87. The SMILES string of the molecule is CN(C)S(=O)(=O)c1ccc2c(c1)c(=O)c(C(=O)NC1CCCCCC1)cn2C. The zero-order valence-corrected chi connectivity index (χ0v) is 17.4. The van der Waals surface area contributed by atoms with Crippen molar-refractivity contribution >= 4 is 26.8 Å². The second kappa shape index (κ2) is 8.05. The maximum absolute atomic E-state index is 13.0. The van der Waals surface area contributed by atoms with Crippen molar-refractivity contribution in [2.75, 3.05) is 14.1 Å². The average Bonchev–Trinajstić information content (AvgIpc) is 2.92. The molecule has 1 aromatic carbocycles. The van der Waals surface area contributed by atoms with Crippen molar-refractivity contribution in [3.8, 4) is 0 Å². The predicted molar refractivity (Wildman–Crippen MR) is 109 cm³/mol. The van der Waals surface area contributed by atoms with Gasteiger partial charge in [0, 0.05) is 38.8 Å². The number of carbonyl (C=O) groups excluding carboxylic acids is 1. The van der Waals surface area contributed by atoms with Crippen LogP contribution in [-0.2, 0) is 17.1 Å². The van der Waals surface area contributed by atoms with Gasteiger partial charge in [0.05, 0.1) is 10.4 Å². The molecule has 1 saturated carbocycles. The van der Waals surface area contributed by atoms with Crippen LogP contribution in [0.1, 0.15) is 48.9 Å². The fraction of sp³-hybridized carbons (Fsp3) is 0.500. The monoisotopic (exact) mass is 405 g/mol. The molecule has 152 valence electrons. The highest BCUT2D eigenvalue weighted by Gasteiger charge is 2.22. The molecule has 0 bridgehead atoms. The normalized spacial score (nSPS) is 16.3. The molecule has 0 atom stereocenters. The minimum absolute atomic E-state index is 0.0310. The summed E-state index contributed by atoms with van der Waals surface area (Å²) >= 11 is 0. The predicted octanol–water partition coefficient (Wildman–Crippen LogP) is 2.24. The molecule has 1 heterocycles. The maximum atomic E-state index is 13.0. The number of nitrogens with zero attached hydrogens (tertiary/aromatic N) is 2. The molecule has 0 radical (unpaired) electrons. The molecule has 1 amide bonds. The van der Waals surface area contributed by atoms with E-state index in [4.69, 9.17) is 0 Å². The summed E-state index contributed by atoms with van der Waals surface area (Å²) in [5, 5.41) is 3.21. The molecule has 8 heteroatoms. The lowest BCUT2D eigenvalue weighted by atomic mass is 10.1. The summed E-state index contributed by atoms with van der Waals surface area (Å²) in [4.78, 5) is 25.8. The van der Waals surface area contributed by atoms with E-state index in [1.165, 1.54) is 45.3 Å². The summed E-state index contributed by atoms with van der Waals surface area (Å²) in [5.74, 6) is -0.393. The van der Waals surface area contributed by atoms with Gasteiger partial charge in [-0.2, -0.15) is 0 Å². The standard InChI is InChI=1S/C20H27N3O4S/c1-22(2)28(26,27)15-10-11-18-16(12-15)19(24)17(13-23(18)3)20(25)21-14-8-6-4-5-7-9-14/h10-14H,4-9H2,1-3H3,(H,21,25). The van der Waals surface area contributed by atoms with E-state index in [1.807, 2.05) is 0 Å². The molecular weight excluding hydrogens is 378 g/mol. The summed E-state index contributed by atoms with van der Waals surface area (Å²) < 4.78 is 27.6. The first-order valence-electron chi connectivity index (χ1n) is 9.58. The van der Waals surface area contributed by atoms with E-state index in [-0.39, 0.29) is 21.9 Å². The molecule has 1 N–H and O–H groups in total. The van der Waals surface area contributed by atoms with Crippen LogP contribution in [0.15, 0.2) is 34.1 Å². The number of aryl methyl sites for hydroxylation is 1. The highest BCUT2D eigenvalue weighted by Crippen LogP contribution is 2.20. The van der Waals surface area contributed by atoms with Gasteiger partial charge in [-0.15, -0.1) is 0 Å². The van der Waals surface area contributed by atoms with Crippen LogP contribution in [-0.4, -0.2) is 43.3 Å². The second-order valence-electron chi connectivity index (χ2n) is 7.61. The Hall–Kier alpha value is -2.19. The number of hydrogen-bond acceptors (Lipinski definition) is 4. The van der Waals surface area contributed by atoms with E-state index >= 15 is 0 Å². The second-order valence-corrected chi connectivity index (χ2v) is 9.76. The first kappa shape index (κ1) is 20.5. The molecule has 0 spiro atoms. The third kappa shape index (κ3) is 3.98. The van der Waals surface area contributed by atoms with Gasteiger partial charge >= 0.3 is 0 Å². The Morgan fingerprint density at radius 3 is 2.39 bits per heavy atom. The maximum Gasteiger partial charge on any atom is 0.256 e. The highest BCUT2D eigenvalue weighted by atomic mass is 32.2. The number of sulfonamides is 1. The topological polar surface area (TPSA) is 88.5 Å². The molecule has 2 aromatic rings. The van der Waals surface area contributed by atoms with Crippen molar-refractivity contribution < 1.29 is 13.2 Å². The van der Waals surface area contributed by atoms with E-state index in [9.17, 15) is 18.0 Å². The molecule has 0 unspecified atom stereocenters. The van der Waals surface area contributed by atoms with Crippen molar-refractivity contribution in [1.29, 1.82) is 0 Å². The molecule has 3 rings (SSSR count). The summed E-state index contributed by atoms with van der Waals surface area (Å²) in [6, 6.07) is 4.51. The van der Waals surface area contributed by atoms with E-state index in [1.54, 1.807) is 17.7 Å². The zero-order chi connectivity index (χ0) is 20.5. The van der Waals surface area contributed by atoms with Gasteiger partial charge in [0.15, 0.2) is 0 Å². The van der Waals surface area contributed by atoms with Gasteiger partial charge in [0.25, 0.3) is 5.91 Å². The van der Waals surface area contributed by atoms with Gasteiger partial charge in [0.2, 0.25) is 15.5 Å². The molecule has 0 aliphatic heterocycles. The van der Waals surface area contributed by atoms with Crippen LogP contribution in [0.5, 0.6) is 0 Å². The van der Waals surface area contributed by atoms with E-state index < -0.39 is 21.4 Å². The number of benzene rings is 1. The molecule has 0 saturated heterocycles. The van der Waals surface area contributed by atoms with Crippen LogP contribution in [0.3, 0.4) is 0 Å². The Morgan fingerprint density at radius 1 is 1.14 bits per heavy atom. The first-order valence-corrected chi connectivity index (χ1v) is 11.0. The van der Waals surface area contributed by atoms with Crippen LogP contribution in [0.4, 0.5) is 0 Å². The largest absolute Gasteiger partial charge is 0.350 e. The minimum Gasteiger partial charge on any atom is -0.350 e. The number of hydrogen-bond donors (Lipinski definition) is 1. The molecule has 1 aliphatic rings. The van der Waals surface area contributed by atoms with E-state index in [0.29, 0.717) is 5.52 Å². The smallest absolute Gasteiger partial charge is 0.256 e. The lowest BCUT2D eigenvalue weighted by Crippen LogP contribution is -2.37. The lowest BCUT2D eigenvalue weighted by molar-refractivity contribution is 0.0931. The zero-order valence-electron chi connectivity index (χ0n) is 16.6. The van der Waals surface area contributed by atoms with Crippen LogP contribution < -0.4 is 10.7 Å². The Balaban J connectivity index is 2.03. The third-order valence-corrected chi connectivity index (χ3v) is 7.18. The van der Waals surface area contributed by atoms with Crippen LogP contribution >= 0.6 is 0 Å². The first-order chi connectivity index (χ1) is 13.2. The Labute approximate surface area is 165 Å². The van der Waals surface area contributed by atoms with Crippen LogP contribution in [0, 0.1) is 0 Å². The summed E-state index contributed by atoms with van der Waals surface area (Å²) in [7, 11) is 0.945. The van der Waals surface area contributed by atoms with Crippen molar-refractivity contribution in [2.24, 2.45) is 7.05 Å². The number of fused-ring (bicyclic) bond motifs is 1. The third-order valence-electron chi connectivity index (χ3n) is 5.37. The van der Waals surface area contributed by atoms with Crippen LogP contribution in [0.25, 0.3) is 10.9 Å². The molecule has 28 heavy (non-hydrogen) atoms. The number of nitrogens with one attached hydrogen (secondary N) is 1. The number of amides is 1. The van der Waals surface area contributed by atoms with Crippen molar-refractivity contribution in [3.05, 3.63) is 40.2 Å². The Bertz CT molecular complexity index is 1050. The number of carbonyl (C=O) groups is 1. The Kier molecular flexibility index (Phi) is 5.90. The van der Waals surface area contributed by atoms with E-state index in [0.717, 1.165) is 30.0 Å². The quantitative estimate of drug-likeness (QED) is 0.790. The Morgan fingerprint density at radius 2 is 1.79 bits per heavy atom. The summed E-state index contributed by atoms with van der Waals surface area (Å²) in [5.41, 5.74) is 0.169. The van der Waals surface area contributed by atoms with Crippen molar-refractivity contribution in [1.82, 2.24) is 14.2 Å². The fourth-order valence-corrected chi connectivity index (χ4v) is 4.62. The highest BCUT2D eigenvalue weighted by molar-refractivity contribution is 7.89. The molecular formula is C20H27N3O4S. The van der Waals surface area contributed by atoms with Crippen LogP contribution in [0.2, 0.25) is 0 Å². The number of pyridine rings is 1. The molecule has 1 fully saturated rings. The van der Waals surface area contributed by atoms with Gasteiger partial charge in [-0.05, 0) is 31.0 Å². The minimum atomic E-state index is -3.67. The van der Waals surface area contributed by atoms with Crippen molar-refractivity contribution in [2.45, 2.75) is 49.5 Å². The fourth-order valence-electron chi connectivity index (χ4n) is 3.69. The van der Waals surface area contributed by atoms with Gasteiger partial charge < -0.3 is 9.88 Å². The summed E-state index contributed by atoms with van der Waals surface area (Å²) in [6.45, 7) is 0. The average molecular weight is 406 g/mol.